The molecule has 2 N–H and O–H groups in total. The van der Waals surface area contributed by atoms with Crippen LogP contribution in [-0.4, -0.2) is 48.6 Å². The molecular weight excluding hydrogens is 486 g/mol. The molecule has 0 aliphatic carbocycles. The van der Waals surface area contributed by atoms with E-state index in [1.807, 2.05) is 26.0 Å². The molecule has 0 unspecified atom stereocenters. The zero-order valence-electron chi connectivity index (χ0n) is 21.1. The number of nitrogens with one attached hydrogen (secondary N) is 2. The third-order valence-electron chi connectivity index (χ3n) is 5.41. The minimum atomic E-state index is -1.41. The van der Waals surface area contributed by atoms with Crippen LogP contribution in [-0.2, 0) is 33.4 Å². The molecule has 36 heavy (non-hydrogen) atoms. The topological polar surface area (TPSA) is 133 Å². The summed E-state index contributed by atoms with van der Waals surface area (Å²) >= 11 is 1.31. The number of benzene rings is 1. The Labute approximate surface area is 212 Å². The molecule has 2 heterocycles. The van der Waals surface area contributed by atoms with E-state index >= 15 is 0 Å². The lowest BCUT2D eigenvalue weighted by Gasteiger charge is -2.28. The van der Waals surface area contributed by atoms with Gasteiger partial charge in [0.15, 0.2) is 11.7 Å². The van der Waals surface area contributed by atoms with Crippen molar-refractivity contribution in [3.63, 3.8) is 0 Å². The second-order valence-corrected chi connectivity index (χ2v) is 9.21. The number of anilines is 1. The SMILES string of the molecule is CCOC(=O)C1=C(C)NC(C)=C(C(=O)OCC)C1C(=O)OCC(=O)Nc1nc2c(C)cc(C)cc2s1. The molecule has 3 rings (SSSR count). The first-order chi connectivity index (χ1) is 17.1. The van der Waals surface area contributed by atoms with Crippen LogP contribution in [0.1, 0.15) is 38.8 Å². The number of aromatic nitrogens is 1. The lowest BCUT2D eigenvalue weighted by molar-refractivity contribution is -0.153. The third kappa shape index (κ3) is 5.73. The van der Waals surface area contributed by atoms with Crippen molar-refractivity contribution in [2.75, 3.05) is 25.1 Å². The lowest BCUT2D eigenvalue weighted by atomic mass is 9.85. The maximum absolute atomic E-state index is 13.2. The monoisotopic (exact) mass is 515 g/mol. The maximum Gasteiger partial charge on any atom is 0.337 e. The van der Waals surface area contributed by atoms with Gasteiger partial charge in [0, 0.05) is 11.4 Å². The van der Waals surface area contributed by atoms with Crippen molar-refractivity contribution in [2.45, 2.75) is 41.5 Å². The first-order valence-electron chi connectivity index (χ1n) is 11.4. The zero-order chi connectivity index (χ0) is 26.6. The number of esters is 3. The second-order valence-electron chi connectivity index (χ2n) is 8.18. The van der Waals surface area contributed by atoms with E-state index < -0.39 is 36.3 Å². The first-order valence-corrected chi connectivity index (χ1v) is 12.3. The van der Waals surface area contributed by atoms with Crippen molar-refractivity contribution >= 4 is 50.5 Å². The van der Waals surface area contributed by atoms with Crippen molar-refractivity contribution in [3.8, 4) is 0 Å². The molecule has 1 amide bonds. The van der Waals surface area contributed by atoms with Crippen LogP contribution in [0, 0.1) is 19.8 Å². The molecule has 2 aromatic rings. The minimum Gasteiger partial charge on any atom is -0.463 e. The number of ether oxygens (including phenoxy) is 3. The standard InChI is InChI=1S/C25H29N3O7S/c1-7-33-22(30)18-14(5)26-15(6)19(23(31)34-8-2)20(18)24(32)35-11-17(29)27-25-28-21-13(4)9-12(3)10-16(21)36-25/h9-10,20,26H,7-8,11H2,1-6H3,(H,27,28,29). The largest absolute Gasteiger partial charge is 0.463 e. The molecule has 1 aliphatic heterocycles. The van der Waals surface area contributed by atoms with Crippen LogP contribution in [0.3, 0.4) is 0 Å². The molecule has 0 saturated heterocycles. The summed E-state index contributed by atoms with van der Waals surface area (Å²) < 4.78 is 16.4. The van der Waals surface area contributed by atoms with E-state index in [0.29, 0.717) is 16.5 Å². The van der Waals surface area contributed by atoms with Gasteiger partial charge in [0.1, 0.15) is 5.92 Å². The molecule has 1 aromatic heterocycles. The Kier molecular flexibility index (Phi) is 8.46. The third-order valence-corrected chi connectivity index (χ3v) is 6.33. The minimum absolute atomic E-state index is 0.0678. The molecule has 0 fully saturated rings. The number of hydrogen-bond acceptors (Lipinski definition) is 10. The van der Waals surface area contributed by atoms with Crippen LogP contribution >= 0.6 is 11.3 Å². The van der Waals surface area contributed by atoms with E-state index in [9.17, 15) is 19.2 Å². The van der Waals surface area contributed by atoms with Gasteiger partial charge >= 0.3 is 17.9 Å². The predicted molar refractivity (Wildman–Crippen MR) is 134 cm³/mol. The summed E-state index contributed by atoms with van der Waals surface area (Å²) in [6.45, 7) is 9.83. The molecule has 0 spiro atoms. The summed E-state index contributed by atoms with van der Waals surface area (Å²) in [5, 5.41) is 5.93. The van der Waals surface area contributed by atoms with Crippen LogP contribution in [0.4, 0.5) is 5.13 Å². The smallest absolute Gasteiger partial charge is 0.337 e. The normalized spacial score (nSPS) is 13.9. The van der Waals surface area contributed by atoms with E-state index in [2.05, 4.69) is 15.6 Å². The number of allylic oxidation sites excluding steroid dienone is 2. The Morgan fingerprint density at radius 3 is 2.08 bits per heavy atom. The highest BCUT2D eigenvalue weighted by atomic mass is 32.1. The van der Waals surface area contributed by atoms with Gasteiger partial charge in [0.25, 0.3) is 5.91 Å². The first kappa shape index (κ1) is 26.9. The number of thiazole rings is 1. The van der Waals surface area contributed by atoms with Crippen molar-refractivity contribution in [1.29, 1.82) is 0 Å². The van der Waals surface area contributed by atoms with Crippen LogP contribution in [0.25, 0.3) is 10.2 Å². The van der Waals surface area contributed by atoms with E-state index in [0.717, 1.165) is 21.3 Å². The number of aryl methyl sites for hydroxylation is 2. The van der Waals surface area contributed by atoms with Gasteiger partial charge in [-0.05, 0) is 58.7 Å². The van der Waals surface area contributed by atoms with Gasteiger partial charge in [0.2, 0.25) is 0 Å². The molecule has 1 aliphatic rings. The summed E-state index contributed by atoms with van der Waals surface area (Å²) in [4.78, 5) is 55.5. The van der Waals surface area contributed by atoms with Crippen molar-refractivity contribution in [2.24, 2.45) is 5.92 Å². The fourth-order valence-electron chi connectivity index (χ4n) is 3.99. The second kappa shape index (κ2) is 11.3. The average molecular weight is 516 g/mol. The molecule has 10 nitrogen and oxygen atoms in total. The number of fused-ring (bicyclic) bond motifs is 1. The van der Waals surface area contributed by atoms with Gasteiger partial charge in [-0.25, -0.2) is 14.6 Å². The van der Waals surface area contributed by atoms with Gasteiger partial charge in [0.05, 0.1) is 34.6 Å². The fourth-order valence-corrected chi connectivity index (χ4v) is 5.05. The highest BCUT2D eigenvalue weighted by molar-refractivity contribution is 7.22. The van der Waals surface area contributed by atoms with Gasteiger partial charge in [-0.1, -0.05) is 17.4 Å². The Bertz CT molecular complexity index is 1250. The van der Waals surface area contributed by atoms with Crippen LogP contribution in [0.5, 0.6) is 0 Å². The van der Waals surface area contributed by atoms with E-state index in [-0.39, 0.29) is 24.4 Å². The van der Waals surface area contributed by atoms with Crippen LogP contribution in [0.2, 0.25) is 0 Å². The number of dihydropyridines is 1. The Morgan fingerprint density at radius 2 is 1.53 bits per heavy atom. The molecule has 1 aromatic carbocycles. The van der Waals surface area contributed by atoms with Gasteiger partial charge in [-0.15, -0.1) is 0 Å². The lowest BCUT2D eigenvalue weighted by Crippen LogP contribution is -2.39. The number of carbonyl (C=O) groups is 4. The average Bonchev–Trinajstić information content (AvgIpc) is 3.19. The summed E-state index contributed by atoms with van der Waals surface area (Å²) in [7, 11) is 0. The number of hydrogen-bond donors (Lipinski definition) is 2. The highest BCUT2D eigenvalue weighted by Crippen LogP contribution is 2.33. The number of rotatable bonds is 8. The van der Waals surface area contributed by atoms with E-state index in [4.69, 9.17) is 14.2 Å². The summed E-state index contributed by atoms with van der Waals surface area (Å²) in [5.74, 6) is -4.52. The zero-order valence-corrected chi connectivity index (χ0v) is 21.9. The molecule has 0 radical (unpaired) electrons. The van der Waals surface area contributed by atoms with Crippen molar-refractivity contribution in [3.05, 3.63) is 45.8 Å². The summed E-state index contributed by atoms with van der Waals surface area (Å²) in [5.41, 5.74) is 3.38. The van der Waals surface area contributed by atoms with Gasteiger partial charge < -0.3 is 19.5 Å². The maximum atomic E-state index is 13.2. The molecule has 0 bridgehead atoms. The van der Waals surface area contributed by atoms with E-state index in [1.54, 1.807) is 27.7 Å². The number of carbonyl (C=O) groups excluding carboxylic acids is 4. The fraction of sp³-hybridized carbons (Fsp3) is 0.400. The highest BCUT2D eigenvalue weighted by Gasteiger charge is 2.42. The van der Waals surface area contributed by atoms with Gasteiger partial charge in [-0.2, -0.15) is 0 Å². The summed E-state index contributed by atoms with van der Waals surface area (Å²) in [6, 6.07) is 3.98. The molecule has 11 heteroatoms. The van der Waals surface area contributed by atoms with Gasteiger partial charge in [-0.3, -0.25) is 14.9 Å². The molecule has 0 saturated carbocycles. The Hall–Kier alpha value is -3.73. The summed E-state index contributed by atoms with van der Waals surface area (Å²) in [6.07, 6.45) is 0. The van der Waals surface area contributed by atoms with E-state index in [1.165, 1.54) is 11.3 Å². The Morgan fingerprint density at radius 1 is 0.944 bits per heavy atom. The number of amides is 1. The molecule has 192 valence electrons. The van der Waals surface area contributed by atoms with Crippen LogP contribution in [0.15, 0.2) is 34.7 Å². The van der Waals surface area contributed by atoms with Crippen molar-refractivity contribution in [1.82, 2.24) is 10.3 Å². The number of nitrogens with zero attached hydrogens (tertiary/aromatic N) is 1. The molecular formula is C25H29N3O7S. The van der Waals surface area contributed by atoms with Crippen molar-refractivity contribution < 1.29 is 33.4 Å². The predicted octanol–water partition coefficient (Wildman–Crippen LogP) is 3.29. The quantitative estimate of drug-likeness (QED) is 0.401. The Balaban J connectivity index is 1.80. The molecule has 0 atom stereocenters. The van der Waals surface area contributed by atoms with Crippen LogP contribution < -0.4 is 10.6 Å².